The first kappa shape index (κ1) is 16.4. The highest BCUT2D eigenvalue weighted by Crippen LogP contribution is 2.32. The lowest BCUT2D eigenvalue weighted by molar-refractivity contribution is 0.415. The maximum absolute atomic E-state index is 5.30. The van der Waals surface area contributed by atoms with Gasteiger partial charge in [-0.3, -0.25) is 0 Å². The summed E-state index contributed by atoms with van der Waals surface area (Å²) in [5.41, 5.74) is 4.31. The summed E-state index contributed by atoms with van der Waals surface area (Å²) < 4.78 is 7.14. The average Bonchev–Trinajstić information content (AvgIpc) is 3.36. The summed E-state index contributed by atoms with van der Waals surface area (Å²) in [4.78, 5) is 5.62. The minimum absolute atomic E-state index is 0.823. The molecule has 2 aromatic carbocycles. The highest BCUT2D eigenvalue weighted by Gasteiger charge is 2.08. The lowest BCUT2D eigenvalue weighted by Gasteiger charge is -2.08. The minimum Gasteiger partial charge on any atom is -0.497 e. The monoisotopic (exact) mass is 362 g/mol. The quantitative estimate of drug-likeness (QED) is 0.539. The number of rotatable bonds is 5. The lowest BCUT2D eigenvalue weighted by Crippen LogP contribution is -1.93. The fraction of sp³-hybridized carbons (Fsp3) is 0.100. The van der Waals surface area contributed by atoms with Gasteiger partial charge in [0.15, 0.2) is 5.13 Å². The van der Waals surface area contributed by atoms with Gasteiger partial charge in [0.25, 0.3) is 0 Å². The molecule has 2 aromatic heterocycles. The van der Waals surface area contributed by atoms with Gasteiger partial charge in [0.05, 0.1) is 17.7 Å². The number of hydrogen-bond donors (Lipinski definition) is 1. The van der Waals surface area contributed by atoms with Crippen LogP contribution >= 0.6 is 11.3 Å². The molecule has 2 heterocycles. The summed E-state index contributed by atoms with van der Waals surface area (Å²) in [5, 5.41) is 8.49. The van der Waals surface area contributed by atoms with Gasteiger partial charge in [-0.25, -0.2) is 9.67 Å². The SMILES string of the molecule is COc1ccc(C)c(Nc2ncc(-c3ccc(-n4cccn4)cc3)s2)c1. The smallest absolute Gasteiger partial charge is 0.187 e. The van der Waals surface area contributed by atoms with Crippen molar-refractivity contribution in [3.63, 3.8) is 0 Å². The molecule has 0 radical (unpaired) electrons. The van der Waals surface area contributed by atoms with E-state index in [2.05, 4.69) is 46.6 Å². The van der Waals surface area contributed by atoms with Crippen LogP contribution in [0.15, 0.2) is 67.1 Å². The van der Waals surface area contributed by atoms with Crippen LogP contribution in [0.25, 0.3) is 16.1 Å². The molecule has 0 bridgehead atoms. The first-order valence-electron chi connectivity index (χ1n) is 8.21. The average molecular weight is 362 g/mol. The molecular formula is C20H18N4OS. The topological polar surface area (TPSA) is 52.0 Å². The Morgan fingerprint density at radius 1 is 1.12 bits per heavy atom. The Morgan fingerprint density at radius 3 is 2.69 bits per heavy atom. The number of benzene rings is 2. The van der Waals surface area contributed by atoms with Crippen LogP contribution in [0, 0.1) is 6.92 Å². The van der Waals surface area contributed by atoms with Gasteiger partial charge in [-0.15, -0.1) is 0 Å². The molecule has 4 rings (SSSR count). The van der Waals surface area contributed by atoms with Gasteiger partial charge < -0.3 is 10.1 Å². The Kier molecular flexibility index (Phi) is 4.41. The second-order valence-electron chi connectivity index (χ2n) is 5.83. The molecule has 0 aliphatic rings. The Bertz CT molecular complexity index is 1010. The molecule has 0 amide bonds. The molecule has 6 heteroatoms. The highest BCUT2D eigenvalue weighted by atomic mass is 32.1. The van der Waals surface area contributed by atoms with Crippen molar-refractivity contribution in [3.05, 3.63) is 72.7 Å². The maximum atomic E-state index is 5.30. The third-order valence-corrected chi connectivity index (χ3v) is 5.07. The van der Waals surface area contributed by atoms with Crippen LogP contribution in [0.2, 0.25) is 0 Å². The first-order valence-corrected chi connectivity index (χ1v) is 9.02. The van der Waals surface area contributed by atoms with E-state index in [1.165, 1.54) is 0 Å². The molecule has 1 N–H and O–H groups in total. The number of nitrogens with zero attached hydrogens (tertiary/aromatic N) is 3. The molecule has 0 fully saturated rings. The molecule has 0 unspecified atom stereocenters. The van der Waals surface area contributed by atoms with E-state index in [9.17, 15) is 0 Å². The molecule has 26 heavy (non-hydrogen) atoms. The molecule has 0 saturated carbocycles. The van der Waals surface area contributed by atoms with E-state index in [1.54, 1.807) is 24.6 Å². The largest absolute Gasteiger partial charge is 0.497 e. The van der Waals surface area contributed by atoms with E-state index in [0.717, 1.165) is 38.3 Å². The van der Waals surface area contributed by atoms with Gasteiger partial charge in [0, 0.05) is 30.3 Å². The van der Waals surface area contributed by atoms with Crippen LogP contribution in [0.5, 0.6) is 5.75 Å². The summed E-state index contributed by atoms with van der Waals surface area (Å²) >= 11 is 1.62. The number of anilines is 2. The standard InChI is InChI=1S/C20H18N4OS/c1-14-4-9-17(25-2)12-18(14)23-20-21-13-19(26-20)15-5-7-16(8-6-15)24-11-3-10-22-24/h3-13H,1-2H3,(H,21,23). The first-order chi connectivity index (χ1) is 12.7. The van der Waals surface area contributed by atoms with E-state index in [0.29, 0.717) is 0 Å². The third kappa shape index (κ3) is 3.32. The zero-order valence-corrected chi connectivity index (χ0v) is 15.3. The summed E-state index contributed by atoms with van der Waals surface area (Å²) in [7, 11) is 1.67. The number of thiazole rings is 1. The summed E-state index contributed by atoms with van der Waals surface area (Å²) in [6.45, 7) is 2.06. The Morgan fingerprint density at radius 2 is 1.96 bits per heavy atom. The lowest BCUT2D eigenvalue weighted by atomic mass is 10.2. The number of aryl methyl sites for hydroxylation is 1. The van der Waals surface area contributed by atoms with Crippen molar-refractivity contribution in [1.29, 1.82) is 0 Å². The van der Waals surface area contributed by atoms with Crippen LogP contribution in [-0.4, -0.2) is 21.9 Å². The van der Waals surface area contributed by atoms with Crippen LogP contribution in [0.1, 0.15) is 5.56 Å². The molecule has 130 valence electrons. The Labute approximate surface area is 155 Å². The van der Waals surface area contributed by atoms with Gasteiger partial charge in [-0.2, -0.15) is 5.10 Å². The zero-order valence-electron chi connectivity index (χ0n) is 14.5. The van der Waals surface area contributed by atoms with Crippen molar-refractivity contribution in [3.8, 4) is 21.9 Å². The maximum Gasteiger partial charge on any atom is 0.187 e. The fourth-order valence-electron chi connectivity index (χ4n) is 2.64. The summed E-state index contributed by atoms with van der Waals surface area (Å²) in [5.74, 6) is 0.823. The number of nitrogens with one attached hydrogen (secondary N) is 1. The highest BCUT2D eigenvalue weighted by molar-refractivity contribution is 7.18. The number of aromatic nitrogens is 3. The molecular weight excluding hydrogens is 344 g/mol. The van der Waals surface area contributed by atoms with Gasteiger partial charge in [-0.1, -0.05) is 29.5 Å². The van der Waals surface area contributed by atoms with E-state index in [-0.39, 0.29) is 0 Å². The second-order valence-corrected chi connectivity index (χ2v) is 6.86. The minimum atomic E-state index is 0.823. The Hall–Kier alpha value is -3.12. The van der Waals surface area contributed by atoms with Crippen LogP contribution in [0.3, 0.4) is 0 Å². The number of ether oxygens (including phenoxy) is 1. The molecule has 0 spiro atoms. The second kappa shape index (κ2) is 7.01. The molecule has 4 aromatic rings. The zero-order chi connectivity index (χ0) is 17.9. The molecule has 5 nitrogen and oxygen atoms in total. The van der Waals surface area contributed by atoms with Crippen molar-refractivity contribution in [2.75, 3.05) is 12.4 Å². The van der Waals surface area contributed by atoms with E-state index < -0.39 is 0 Å². The van der Waals surface area contributed by atoms with Gasteiger partial charge in [-0.05, 0) is 42.3 Å². The summed E-state index contributed by atoms with van der Waals surface area (Å²) in [6, 6.07) is 16.2. The molecule has 0 atom stereocenters. The van der Waals surface area contributed by atoms with E-state index in [1.807, 2.05) is 41.3 Å². The van der Waals surface area contributed by atoms with E-state index in [4.69, 9.17) is 4.74 Å². The van der Waals surface area contributed by atoms with Crippen LogP contribution in [0.4, 0.5) is 10.8 Å². The normalized spacial score (nSPS) is 10.7. The van der Waals surface area contributed by atoms with Gasteiger partial charge in [0.2, 0.25) is 0 Å². The van der Waals surface area contributed by atoms with Crippen molar-refractivity contribution in [2.45, 2.75) is 6.92 Å². The molecule has 0 aliphatic carbocycles. The van der Waals surface area contributed by atoms with E-state index >= 15 is 0 Å². The number of hydrogen-bond acceptors (Lipinski definition) is 5. The third-order valence-electron chi connectivity index (χ3n) is 4.11. The van der Waals surface area contributed by atoms with Crippen molar-refractivity contribution in [1.82, 2.24) is 14.8 Å². The summed E-state index contributed by atoms with van der Waals surface area (Å²) in [6.07, 6.45) is 5.60. The van der Waals surface area contributed by atoms with Crippen LogP contribution < -0.4 is 10.1 Å². The molecule has 0 saturated heterocycles. The van der Waals surface area contributed by atoms with Crippen molar-refractivity contribution < 1.29 is 4.74 Å². The predicted molar refractivity (Wildman–Crippen MR) is 106 cm³/mol. The number of methoxy groups -OCH3 is 1. The Balaban J connectivity index is 1.55. The molecule has 0 aliphatic heterocycles. The van der Waals surface area contributed by atoms with Gasteiger partial charge >= 0.3 is 0 Å². The van der Waals surface area contributed by atoms with Gasteiger partial charge in [0.1, 0.15) is 5.75 Å². The van der Waals surface area contributed by atoms with Crippen molar-refractivity contribution >= 4 is 22.2 Å². The van der Waals surface area contributed by atoms with Crippen molar-refractivity contribution in [2.24, 2.45) is 0 Å². The predicted octanol–water partition coefficient (Wildman–Crippen LogP) is 5.06. The fourth-order valence-corrected chi connectivity index (χ4v) is 3.48. The van der Waals surface area contributed by atoms with Crippen LogP contribution in [-0.2, 0) is 0 Å².